The number of anilines is 1. The van der Waals surface area contributed by atoms with Crippen LogP contribution in [-0.4, -0.2) is 79.5 Å². The normalized spacial score (nSPS) is 23.8. The smallest absolute Gasteiger partial charge is 0.319 e. The van der Waals surface area contributed by atoms with E-state index < -0.39 is 12.2 Å². The molecule has 2 amide bonds. The van der Waals surface area contributed by atoms with Crippen molar-refractivity contribution in [3.8, 4) is 5.75 Å². The minimum Gasteiger partial charge on any atom is -0.497 e. The van der Waals surface area contributed by atoms with E-state index in [4.69, 9.17) is 18.7 Å². The zero-order chi connectivity index (χ0) is 23.0. The first-order chi connectivity index (χ1) is 16.1. The molecule has 0 radical (unpaired) electrons. The maximum absolute atomic E-state index is 12.2. The average Bonchev–Trinajstić information content (AvgIpc) is 3.27. The van der Waals surface area contributed by atoms with Crippen LogP contribution in [0.4, 0.5) is 10.5 Å². The number of nitrogens with one attached hydrogen (secondary N) is 2. The van der Waals surface area contributed by atoms with Gasteiger partial charge in [0, 0.05) is 37.8 Å². The second kappa shape index (κ2) is 11.5. The number of urea groups is 1. The number of amides is 2. The Morgan fingerprint density at radius 1 is 1.24 bits per heavy atom. The number of rotatable bonds is 8. The summed E-state index contributed by atoms with van der Waals surface area (Å²) in [4.78, 5) is 14.5. The number of methoxy groups -OCH3 is 1. The Labute approximate surface area is 193 Å². The SMILES string of the molecule is COc1ccc(NC(=O)NCC2OC(Cc3cc(CN4CCOCC4)on3)CCC2O)cc1. The number of carbonyl (C=O) groups excluding carboxylic acids is 1. The van der Waals surface area contributed by atoms with Crippen molar-refractivity contribution in [3.05, 3.63) is 41.8 Å². The van der Waals surface area contributed by atoms with E-state index in [1.807, 2.05) is 6.07 Å². The van der Waals surface area contributed by atoms with Crippen molar-refractivity contribution >= 4 is 11.7 Å². The summed E-state index contributed by atoms with van der Waals surface area (Å²) in [6.07, 6.45) is 0.734. The van der Waals surface area contributed by atoms with Gasteiger partial charge in [0.25, 0.3) is 0 Å². The molecule has 0 spiro atoms. The number of hydrogen-bond donors (Lipinski definition) is 3. The molecule has 3 atom stereocenters. The summed E-state index contributed by atoms with van der Waals surface area (Å²) in [5, 5.41) is 20.1. The van der Waals surface area contributed by atoms with Crippen LogP contribution in [0.2, 0.25) is 0 Å². The monoisotopic (exact) mass is 460 g/mol. The van der Waals surface area contributed by atoms with Gasteiger partial charge in [-0.05, 0) is 37.1 Å². The number of aliphatic hydroxyl groups is 1. The molecular weight excluding hydrogens is 428 g/mol. The first-order valence-electron chi connectivity index (χ1n) is 11.4. The molecule has 0 bridgehead atoms. The lowest BCUT2D eigenvalue weighted by Gasteiger charge is -2.33. The number of hydrogen-bond acceptors (Lipinski definition) is 8. The van der Waals surface area contributed by atoms with Crippen molar-refractivity contribution in [1.82, 2.24) is 15.4 Å². The molecule has 1 aromatic carbocycles. The Kier molecular flexibility index (Phi) is 8.16. The van der Waals surface area contributed by atoms with Crippen molar-refractivity contribution in [2.24, 2.45) is 0 Å². The van der Waals surface area contributed by atoms with Crippen molar-refractivity contribution in [1.29, 1.82) is 0 Å². The van der Waals surface area contributed by atoms with Crippen LogP contribution in [0.25, 0.3) is 0 Å². The van der Waals surface area contributed by atoms with Gasteiger partial charge in [-0.3, -0.25) is 4.90 Å². The Morgan fingerprint density at radius 3 is 2.79 bits per heavy atom. The summed E-state index contributed by atoms with van der Waals surface area (Å²) in [6.45, 7) is 4.19. The van der Waals surface area contributed by atoms with Gasteiger partial charge in [-0.2, -0.15) is 0 Å². The molecule has 4 rings (SSSR count). The molecule has 3 heterocycles. The van der Waals surface area contributed by atoms with Crippen LogP contribution in [0.5, 0.6) is 5.75 Å². The van der Waals surface area contributed by atoms with Gasteiger partial charge in [-0.15, -0.1) is 0 Å². The second-order valence-corrected chi connectivity index (χ2v) is 8.38. The maximum atomic E-state index is 12.2. The molecule has 0 saturated carbocycles. The minimum absolute atomic E-state index is 0.0915. The number of benzene rings is 1. The lowest BCUT2D eigenvalue weighted by Crippen LogP contribution is -2.47. The molecule has 2 aliphatic rings. The topological polar surface area (TPSA) is 118 Å². The molecule has 2 fully saturated rings. The van der Waals surface area contributed by atoms with E-state index in [0.29, 0.717) is 24.3 Å². The van der Waals surface area contributed by atoms with Crippen LogP contribution in [-0.2, 0) is 22.4 Å². The van der Waals surface area contributed by atoms with Gasteiger partial charge in [-0.25, -0.2) is 4.79 Å². The fourth-order valence-corrected chi connectivity index (χ4v) is 4.07. The van der Waals surface area contributed by atoms with Crippen LogP contribution in [0.1, 0.15) is 24.3 Å². The zero-order valence-electron chi connectivity index (χ0n) is 18.9. The molecule has 180 valence electrons. The predicted octanol–water partition coefficient (Wildman–Crippen LogP) is 1.79. The summed E-state index contributed by atoms with van der Waals surface area (Å²) >= 11 is 0. The van der Waals surface area contributed by atoms with Crippen molar-refractivity contribution in [2.45, 2.75) is 44.1 Å². The first-order valence-corrected chi connectivity index (χ1v) is 11.4. The van der Waals surface area contributed by atoms with Gasteiger partial charge < -0.3 is 34.5 Å². The Hall–Kier alpha value is -2.66. The molecule has 3 unspecified atom stereocenters. The largest absolute Gasteiger partial charge is 0.497 e. The lowest BCUT2D eigenvalue weighted by atomic mass is 9.98. The fraction of sp³-hybridized carbons (Fsp3) is 0.565. The Balaban J connectivity index is 1.22. The van der Waals surface area contributed by atoms with Gasteiger partial charge >= 0.3 is 6.03 Å². The number of nitrogens with zero attached hydrogens (tertiary/aromatic N) is 2. The van der Waals surface area contributed by atoms with Crippen molar-refractivity contribution in [3.63, 3.8) is 0 Å². The van der Waals surface area contributed by atoms with Crippen molar-refractivity contribution < 1.29 is 28.6 Å². The molecule has 0 aliphatic carbocycles. The molecule has 1 aromatic heterocycles. The highest BCUT2D eigenvalue weighted by Gasteiger charge is 2.31. The quantitative estimate of drug-likeness (QED) is 0.546. The third-order valence-electron chi connectivity index (χ3n) is 5.92. The highest BCUT2D eigenvalue weighted by molar-refractivity contribution is 5.89. The molecule has 2 aromatic rings. The summed E-state index contributed by atoms with van der Waals surface area (Å²) in [5.41, 5.74) is 1.49. The van der Waals surface area contributed by atoms with Crippen LogP contribution < -0.4 is 15.4 Å². The average molecular weight is 461 g/mol. The fourth-order valence-electron chi connectivity index (χ4n) is 4.07. The predicted molar refractivity (Wildman–Crippen MR) is 120 cm³/mol. The van der Waals surface area contributed by atoms with E-state index >= 15 is 0 Å². The zero-order valence-corrected chi connectivity index (χ0v) is 18.9. The van der Waals surface area contributed by atoms with Crippen LogP contribution in [0.3, 0.4) is 0 Å². The van der Waals surface area contributed by atoms with Gasteiger partial charge in [-0.1, -0.05) is 5.16 Å². The lowest BCUT2D eigenvalue weighted by molar-refractivity contribution is -0.113. The number of aromatic nitrogens is 1. The first kappa shape index (κ1) is 23.5. The number of ether oxygens (including phenoxy) is 3. The van der Waals surface area contributed by atoms with Crippen LogP contribution in [0, 0.1) is 0 Å². The second-order valence-electron chi connectivity index (χ2n) is 8.38. The molecule has 10 heteroatoms. The van der Waals surface area contributed by atoms with Gasteiger partial charge in [0.2, 0.25) is 0 Å². The third-order valence-corrected chi connectivity index (χ3v) is 5.92. The molecular formula is C23H32N4O6. The van der Waals surface area contributed by atoms with E-state index in [1.54, 1.807) is 31.4 Å². The van der Waals surface area contributed by atoms with Crippen LogP contribution >= 0.6 is 0 Å². The molecule has 2 saturated heterocycles. The van der Waals surface area contributed by atoms with Gasteiger partial charge in [0.1, 0.15) is 11.9 Å². The van der Waals surface area contributed by atoms with E-state index in [2.05, 4.69) is 20.7 Å². The highest BCUT2D eigenvalue weighted by Crippen LogP contribution is 2.23. The molecule has 3 N–H and O–H groups in total. The molecule has 10 nitrogen and oxygen atoms in total. The maximum Gasteiger partial charge on any atom is 0.319 e. The number of morpholine rings is 1. The van der Waals surface area contributed by atoms with E-state index in [-0.39, 0.29) is 18.7 Å². The summed E-state index contributed by atoms with van der Waals surface area (Å²) in [6, 6.07) is 8.66. The molecule has 2 aliphatic heterocycles. The summed E-state index contributed by atoms with van der Waals surface area (Å²) in [5.74, 6) is 1.54. The number of aliphatic hydroxyl groups excluding tert-OH is 1. The van der Waals surface area contributed by atoms with Crippen LogP contribution in [0.15, 0.2) is 34.9 Å². The van der Waals surface area contributed by atoms with E-state index in [0.717, 1.165) is 50.7 Å². The molecule has 33 heavy (non-hydrogen) atoms. The van der Waals surface area contributed by atoms with E-state index in [9.17, 15) is 9.90 Å². The Morgan fingerprint density at radius 2 is 2.03 bits per heavy atom. The third kappa shape index (κ3) is 6.91. The minimum atomic E-state index is -0.628. The summed E-state index contributed by atoms with van der Waals surface area (Å²) < 4.78 is 22.1. The van der Waals surface area contributed by atoms with E-state index in [1.165, 1.54) is 0 Å². The Bertz CT molecular complexity index is 883. The standard InChI is InChI=1S/C23H32N4O6/c1-30-18-4-2-16(3-5-18)25-23(29)24-14-22-21(28)7-6-19(32-22)12-17-13-20(33-26-17)15-27-8-10-31-11-9-27/h2-5,13,19,21-22,28H,6-12,14-15H2,1H3,(H2,24,25,29). The number of carbonyl (C=O) groups is 1. The van der Waals surface area contributed by atoms with Gasteiger partial charge in [0.05, 0.1) is 44.8 Å². The van der Waals surface area contributed by atoms with Gasteiger partial charge in [0.15, 0.2) is 5.76 Å². The highest BCUT2D eigenvalue weighted by atomic mass is 16.5. The van der Waals surface area contributed by atoms with Crippen molar-refractivity contribution in [2.75, 3.05) is 45.3 Å². The summed E-state index contributed by atoms with van der Waals surface area (Å²) in [7, 11) is 1.59.